The van der Waals surface area contributed by atoms with Gasteiger partial charge in [0.05, 0.1) is 0 Å². The second-order valence-corrected chi connectivity index (χ2v) is 5.17. The highest BCUT2D eigenvalue weighted by Crippen LogP contribution is 2.35. The molecule has 2 heterocycles. The van der Waals surface area contributed by atoms with Gasteiger partial charge in [-0.3, -0.25) is 4.90 Å². The van der Waals surface area contributed by atoms with Crippen molar-refractivity contribution in [1.29, 1.82) is 0 Å². The van der Waals surface area contributed by atoms with Crippen molar-refractivity contribution in [2.45, 2.75) is 4.90 Å². The zero-order valence-corrected chi connectivity index (χ0v) is 10.5. The van der Waals surface area contributed by atoms with E-state index in [1.807, 2.05) is 17.8 Å². The lowest BCUT2D eigenvalue weighted by Crippen LogP contribution is -2.43. The van der Waals surface area contributed by atoms with Crippen molar-refractivity contribution in [3.05, 3.63) is 18.2 Å². The molecule has 0 unspecified atom stereocenters. The fourth-order valence-electron chi connectivity index (χ4n) is 1.97. The molecule has 1 N–H and O–H groups in total. The van der Waals surface area contributed by atoms with Gasteiger partial charge < -0.3 is 14.8 Å². The molecule has 0 radical (unpaired) electrons. The Kier molecular flexibility index (Phi) is 3.40. The number of rotatable bonds is 3. The standard InChI is InChI=1S/C12H16N2O2S/c1-2-11-12(16-9-15-11)7-10(1)17-8-14-5-3-13-4-6-14/h1-2,7,13H,3-6,8-9H2. The van der Waals surface area contributed by atoms with E-state index < -0.39 is 0 Å². The highest BCUT2D eigenvalue weighted by molar-refractivity contribution is 7.99. The Morgan fingerprint density at radius 1 is 1.18 bits per heavy atom. The minimum atomic E-state index is 0.348. The fourth-order valence-corrected chi connectivity index (χ4v) is 2.92. The van der Waals surface area contributed by atoms with Crippen LogP contribution in [0.15, 0.2) is 23.1 Å². The predicted octanol–water partition coefficient (Wildman–Crippen LogP) is 1.37. The van der Waals surface area contributed by atoms with Crippen LogP contribution in [-0.2, 0) is 0 Å². The zero-order valence-electron chi connectivity index (χ0n) is 9.65. The SMILES string of the molecule is c1cc2c(cc1SCN1CCNCC1)OCO2. The molecule has 0 amide bonds. The van der Waals surface area contributed by atoms with Gasteiger partial charge in [0.1, 0.15) is 0 Å². The Morgan fingerprint density at radius 3 is 2.88 bits per heavy atom. The quantitative estimate of drug-likeness (QED) is 0.822. The summed E-state index contributed by atoms with van der Waals surface area (Å²) in [7, 11) is 0. The fraction of sp³-hybridized carbons (Fsp3) is 0.500. The van der Waals surface area contributed by atoms with Gasteiger partial charge in [0.25, 0.3) is 0 Å². The van der Waals surface area contributed by atoms with Crippen LogP contribution in [0.1, 0.15) is 0 Å². The van der Waals surface area contributed by atoms with Crippen molar-refractivity contribution in [2.24, 2.45) is 0 Å². The third-order valence-electron chi connectivity index (χ3n) is 2.97. The molecule has 0 spiro atoms. The molecule has 2 aliphatic heterocycles. The molecule has 0 aromatic heterocycles. The molecule has 5 heteroatoms. The monoisotopic (exact) mass is 252 g/mol. The summed E-state index contributed by atoms with van der Waals surface area (Å²) >= 11 is 1.86. The summed E-state index contributed by atoms with van der Waals surface area (Å²) in [6.07, 6.45) is 0. The summed E-state index contributed by atoms with van der Waals surface area (Å²) in [5, 5.41) is 3.36. The molecule has 0 saturated carbocycles. The number of nitrogens with zero attached hydrogens (tertiary/aromatic N) is 1. The van der Waals surface area contributed by atoms with Gasteiger partial charge in [-0.1, -0.05) is 0 Å². The van der Waals surface area contributed by atoms with Gasteiger partial charge in [-0.15, -0.1) is 11.8 Å². The van der Waals surface area contributed by atoms with Gasteiger partial charge >= 0.3 is 0 Å². The van der Waals surface area contributed by atoms with Crippen LogP contribution in [0, 0.1) is 0 Å². The Labute approximate surface area is 105 Å². The maximum atomic E-state index is 5.37. The maximum Gasteiger partial charge on any atom is 0.231 e. The Balaban J connectivity index is 1.57. The van der Waals surface area contributed by atoms with Gasteiger partial charge in [0.2, 0.25) is 6.79 Å². The Morgan fingerprint density at radius 2 is 2.00 bits per heavy atom. The van der Waals surface area contributed by atoms with Crippen LogP contribution in [-0.4, -0.2) is 43.7 Å². The summed E-state index contributed by atoms with van der Waals surface area (Å²) < 4.78 is 10.7. The largest absolute Gasteiger partial charge is 0.454 e. The van der Waals surface area contributed by atoms with Crippen LogP contribution in [0.25, 0.3) is 0 Å². The molecule has 4 nitrogen and oxygen atoms in total. The van der Waals surface area contributed by atoms with E-state index in [2.05, 4.69) is 22.3 Å². The van der Waals surface area contributed by atoms with E-state index in [0.29, 0.717) is 6.79 Å². The molecule has 2 aliphatic rings. The number of benzene rings is 1. The van der Waals surface area contributed by atoms with Crippen molar-refractivity contribution >= 4 is 11.8 Å². The minimum absolute atomic E-state index is 0.348. The van der Waals surface area contributed by atoms with E-state index in [-0.39, 0.29) is 0 Å². The topological polar surface area (TPSA) is 33.7 Å². The Hall–Kier alpha value is -0.910. The second kappa shape index (κ2) is 5.16. The average Bonchev–Trinajstić information content (AvgIpc) is 2.85. The number of hydrogen-bond donors (Lipinski definition) is 1. The first-order valence-electron chi connectivity index (χ1n) is 5.87. The summed E-state index contributed by atoms with van der Waals surface area (Å²) in [6, 6.07) is 6.15. The van der Waals surface area contributed by atoms with Gasteiger partial charge in [-0.2, -0.15) is 0 Å². The van der Waals surface area contributed by atoms with Gasteiger partial charge in [-0.05, 0) is 18.2 Å². The lowest BCUT2D eigenvalue weighted by molar-refractivity contribution is 0.174. The molecule has 3 rings (SSSR count). The number of fused-ring (bicyclic) bond motifs is 1. The van der Waals surface area contributed by atoms with Crippen molar-refractivity contribution in [1.82, 2.24) is 10.2 Å². The summed E-state index contributed by atoms with van der Waals surface area (Å²) in [6.45, 7) is 4.82. The van der Waals surface area contributed by atoms with Crippen LogP contribution in [0.4, 0.5) is 0 Å². The van der Waals surface area contributed by atoms with Crippen LogP contribution in [0.5, 0.6) is 11.5 Å². The van der Waals surface area contributed by atoms with E-state index >= 15 is 0 Å². The van der Waals surface area contributed by atoms with Crippen LogP contribution in [0.3, 0.4) is 0 Å². The molecule has 1 saturated heterocycles. The highest BCUT2D eigenvalue weighted by Gasteiger charge is 2.14. The normalized spacial score (nSPS) is 19.5. The minimum Gasteiger partial charge on any atom is -0.454 e. The van der Waals surface area contributed by atoms with Crippen molar-refractivity contribution in [3.8, 4) is 11.5 Å². The van der Waals surface area contributed by atoms with E-state index in [4.69, 9.17) is 9.47 Å². The number of hydrogen-bond acceptors (Lipinski definition) is 5. The predicted molar refractivity (Wildman–Crippen MR) is 67.7 cm³/mol. The third-order valence-corrected chi connectivity index (χ3v) is 4.05. The van der Waals surface area contributed by atoms with Gasteiger partial charge in [0, 0.05) is 37.0 Å². The zero-order chi connectivity index (χ0) is 11.5. The highest BCUT2D eigenvalue weighted by atomic mass is 32.2. The summed E-state index contributed by atoms with van der Waals surface area (Å²) in [5.41, 5.74) is 0. The van der Waals surface area contributed by atoms with E-state index in [1.165, 1.54) is 4.90 Å². The first kappa shape index (κ1) is 11.2. The van der Waals surface area contributed by atoms with Crippen LogP contribution >= 0.6 is 11.8 Å². The summed E-state index contributed by atoms with van der Waals surface area (Å²) in [4.78, 5) is 3.71. The molecule has 0 aliphatic carbocycles. The molecule has 92 valence electrons. The molecule has 17 heavy (non-hydrogen) atoms. The average molecular weight is 252 g/mol. The number of thioether (sulfide) groups is 1. The lowest BCUT2D eigenvalue weighted by Gasteiger charge is -2.26. The smallest absolute Gasteiger partial charge is 0.231 e. The van der Waals surface area contributed by atoms with Crippen LogP contribution < -0.4 is 14.8 Å². The van der Waals surface area contributed by atoms with Crippen molar-refractivity contribution in [3.63, 3.8) is 0 Å². The van der Waals surface area contributed by atoms with E-state index in [1.54, 1.807) is 0 Å². The molecule has 1 fully saturated rings. The van der Waals surface area contributed by atoms with Crippen LogP contribution in [0.2, 0.25) is 0 Å². The molecule has 0 atom stereocenters. The maximum absolute atomic E-state index is 5.37. The number of nitrogens with one attached hydrogen (secondary N) is 1. The molecule has 1 aromatic rings. The molecule has 1 aromatic carbocycles. The summed E-state index contributed by atoms with van der Waals surface area (Å²) in [5.74, 6) is 2.77. The van der Waals surface area contributed by atoms with E-state index in [9.17, 15) is 0 Å². The van der Waals surface area contributed by atoms with Crippen molar-refractivity contribution in [2.75, 3.05) is 38.8 Å². The van der Waals surface area contributed by atoms with Gasteiger partial charge in [-0.25, -0.2) is 0 Å². The number of ether oxygens (including phenoxy) is 2. The van der Waals surface area contributed by atoms with Crippen molar-refractivity contribution < 1.29 is 9.47 Å². The molecule has 0 bridgehead atoms. The van der Waals surface area contributed by atoms with E-state index in [0.717, 1.165) is 43.6 Å². The third kappa shape index (κ3) is 2.68. The first-order chi connectivity index (χ1) is 8.42. The second-order valence-electron chi connectivity index (χ2n) is 4.16. The molecular formula is C12H16N2O2S. The molecular weight excluding hydrogens is 236 g/mol. The first-order valence-corrected chi connectivity index (χ1v) is 6.86. The Bertz CT molecular complexity index is 394. The lowest BCUT2D eigenvalue weighted by atomic mass is 10.3. The number of piperazine rings is 1. The van der Waals surface area contributed by atoms with Gasteiger partial charge in [0.15, 0.2) is 11.5 Å².